The van der Waals surface area contributed by atoms with Crippen molar-refractivity contribution in [2.45, 2.75) is 64.1 Å². The first-order chi connectivity index (χ1) is 20.2. The second kappa shape index (κ2) is 14.8. The molecule has 0 aromatic heterocycles. The molecule has 0 saturated carbocycles. The smallest absolute Gasteiger partial charge is 0.264 e. The van der Waals surface area contributed by atoms with E-state index in [9.17, 15) is 18.0 Å². The van der Waals surface area contributed by atoms with Gasteiger partial charge in [0.1, 0.15) is 18.3 Å². The molecule has 3 aromatic rings. The van der Waals surface area contributed by atoms with E-state index < -0.39 is 34.1 Å². The maximum absolute atomic E-state index is 14.2. The topological polar surface area (TPSA) is 96.0 Å². The minimum absolute atomic E-state index is 0.00203. The maximum atomic E-state index is 14.2. The molecule has 0 radical (unpaired) electrons. The van der Waals surface area contributed by atoms with Crippen LogP contribution in [0.3, 0.4) is 0 Å². The van der Waals surface area contributed by atoms with Crippen molar-refractivity contribution in [1.29, 1.82) is 0 Å². The van der Waals surface area contributed by atoms with Crippen LogP contribution in [0, 0.1) is 0 Å². The summed E-state index contributed by atoms with van der Waals surface area (Å²) in [5.74, 6) is -0.393. The van der Waals surface area contributed by atoms with Crippen LogP contribution in [-0.2, 0) is 26.2 Å². The van der Waals surface area contributed by atoms with Crippen LogP contribution >= 0.6 is 39.1 Å². The molecule has 0 spiro atoms. The summed E-state index contributed by atoms with van der Waals surface area (Å²) in [6.45, 7) is 9.00. The zero-order valence-electron chi connectivity index (χ0n) is 24.7. The van der Waals surface area contributed by atoms with Crippen LogP contribution in [0.4, 0.5) is 5.69 Å². The fourth-order valence-corrected chi connectivity index (χ4v) is 6.49. The van der Waals surface area contributed by atoms with Crippen LogP contribution in [0.15, 0.2) is 76.1 Å². The van der Waals surface area contributed by atoms with E-state index in [1.807, 2.05) is 27.7 Å². The van der Waals surface area contributed by atoms with Gasteiger partial charge in [-0.15, -0.1) is 0 Å². The van der Waals surface area contributed by atoms with Gasteiger partial charge in [0.15, 0.2) is 0 Å². The Morgan fingerprint density at radius 3 is 2.14 bits per heavy atom. The van der Waals surface area contributed by atoms with Crippen molar-refractivity contribution in [3.05, 3.63) is 86.8 Å². The Hall–Kier alpha value is -2.79. The van der Waals surface area contributed by atoms with Crippen molar-refractivity contribution in [3.8, 4) is 5.75 Å². The monoisotopic (exact) mass is 711 g/mol. The maximum Gasteiger partial charge on any atom is 0.264 e. The zero-order valence-corrected chi connectivity index (χ0v) is 28.6. The lowest BCUT2D eigenvalue weighted by Gasteiger charge is -2.35. The van der Waals surface area contributed by atoms with E-state index in [2.05, 4.69) is 21.2 Å². The van der Waals surface area contributed by atoms with E-state index in [1.165, 1.54) is 17.0 Å². The Bertz CT molecular complexity index is 1530. The summed E-state index contributed by atoms with van der Waals surface area (Å²) in [6, 6.07) is 16.6. The van der Waals surface area contributed by atoms with Crippen LogP contribution in [0.5, 0.6) is 5.75 Å². The number of sulfonamides is 1. The van der Waals surface area contributed by atoms with E-state index in [0.29, 0.717) is 32.4 Å². The SMILES string of the molecule is CCOc1ccc(N(CC(=O)N(Cc2ccc(Cl)cc2Cl)[C@H](CC)C(=O)NC(C)(C)C)S(=O)(=O)c2ccc(Br)cc2)cc1. The summed E-state index contributed by atoms with van der Waals surface area (Å²) in [5.41, 5.74) is 0.261. The zero-order chi connectivity index (χ0) is 31.9. The summed E-state index contributed by atoms with van der Waals surface area (Å²) in [5, 5.41) is 3.69. The highest BCUT2D eigenvalue weighted by atomic mass is 79.9. The third kappa shape index (κ3) is 9.35. The van der Waals surface area contributed by atoms with Gasteiger partial charge in [-0.05, 0) is 100 Å². The first kappa shape index (κ1) is 34.7. The summed E-state index contributed by atoms with van der Waals surface area (Å²) in [7, 11) is -4.21. The molecule has 0 bridgehead atoms. The number of anilines is 1. The second-order valence-electron chi connectivity index (χ2n) is 10.8. The molecule has 12 heteroatoms. The Balaban J connectivity index is 2.10. The Kier molecular flexibility index (Phi) is 11.9. The fraction of sp³-hybridized carbons (Fsp3) is 0.355. The van der Waals surface area contributed by atoms with Crippen LogP contribution in [0.2, 0.25) is 10.0 Å². The number of amides is 2. The number of hydrogen-bond donors (Lipinski definition) is 1. The molecule has 3 aromatic carbocycles. The first-order valence-corrected chi connectivity index (χ1v) is 16.7. The Labute approximate surface area is 272 Å². The van der Waals surface area contributed by atoms with Crippen LogP contribution in [0.25, 0.3) is 0 Å². The molecule has 0 saturated heterocycles. The summed E-state index contributed by atoms with van der Waals surface area (Å²) in [4.78, 5) is 29.1. The molecule has 0 aliphatic carbocycles. The standard InChI is InChI=1S/C31H36BrCl2N3O5S/c1-6-28(30(39)35-31(3,4)5)36(19-21-8-11-23(33)18-27(21)34)29(38)20-37(24-12-14-25(15-13-24)42-7-2)43(40,41)26-16-9-22(32)10-17-26/h8-18,28H,6-7,19-20H2,1-5H3,(H,35,39)/t28-/m1/s1. The molecule has 232 valence electrons. The van der Waals surface area contributed by atoms with E-state index in [4.69, 9.17) is 27.9 Å². The Morgan fingerprint density at radius 2 is 1.60 bits per heavy atom. The van der Waals surface area contributed by atoms with Crippen molar-refractivity contribution >= 4 is 66.7 Å². The summed E-state index contributed by atoms with van der Waals surface area (Å²) < 4.78 is 35.3. The largest absolute Gasteiger partial charge is 0.494 e. The van der Waals surface area contributed by atoms with Crippen LogP contribution in [0.1, 0.15) is 46.6 Å². The predicted octanol–water partition coefficient (Wildman–Crippen LogP) is 7.07. The number of rotatable bonds is 12. The molecular formula is C31H36BrCl2N3O5S. The molecule has 8 nitrogen and oxygen atoms in total. The molecule has 2 amide bonds. The highest BCUT2D eigenvalue weighted by Crippen LogP contribution is 2.29. The highest BCUT2D eigenvalue weighted by Gasteiger charge is 2.35. The van der Waals surface area contributed by atoms with Gasteiger partial charge in [0.25, 0.3) is 10.0 Å². The first-order valence-electron chi connectivity index (χ1n) is 13.7. The fourth-order valence-electron chi connectivity index (χ4n) is 4.34. The van der Waals surface area contributed by atoms with Crippen molar-refractivity contribution in [3.63, 3.8) is 0 Å². The number of hydrogen-bond acceptors (Lipinski definition) is 5. The van der Waals surface area contributed by atoms with Gasteiger partial charge in [-0.25, -0.2) is 8.42 Å². The third-order valence-corrected chi connectivity index (χ3v) is 9.26. The lowest BCUT2D eigenvalue weighted by atomic mass is 10.1. The number of nitrogens with one attached hydrogen (secondary N) is 1. The molecular weight excluding hydrogens is 677 g/mol. The van der Waals surface area contributed by atoms with Gasteiger partial charge >= 0.3 is 0 Å². The van der Waals surface area contributed by atoms with Crippen molar-refractivity contribution < 1.29 is 22.7 Å². The van der Waals surface area contributed by atoms with Gasteiger partial charge in [0.05, 0.1) is 17.2 Å². The number of nitrogens with zero attached hydrogens (tertiary/aromatic N) is 2. The van der Waals surface area contributed by atoms with Gasteiger partial charge < -0.3 is 15.0 Å². The molecule has 3 rings (SSSR count). The quantitative estimate of drug-likeness (QED) is 0.217. The lowest BCUT2D eigenvalue weighted by Crippen LogP contribution is -2.55. The molecule has 43 heavy (non-hydrogen) atoms. The van der Waals surface area contributed by atoms with Crippen molar-refractivity contribution in [1.82, 2.24) is 10.2 Å². The van der Waals surface area contributed by atoms with Gasteiger partial charge in [0, 0.05) is 26.6 Å². The average Bonchev–Trinajstić information content (AvgIpc) is 2.92. The lowest BCUT2D eigenvalue weighted by molar-refractivity contribution is -0.141. The summed E-state index contributed by atoms with van der Waals surface area (Å²) in [6.07, 6.45) is 0.279. The Morgan fingerprint density at radius 1 is 0.977 bits per heavy atom. The van der Waals surface area contributed by atoms with Crippen LogP contribution in [-0.4, -0.2) is 49.9 Å². The van der Waals surface area contributed by atoms with Crippen molar-refractivity contribution in [2.24, 2.45) is 0 Å². The number of benzene rings is 3. The molecule has 1 atom stereocenters. The van der Waals surface area contributed by atoms with E-state index in [1.54, 1.807) is 61.5 Å². The number of carbonyl (C=O) groups is 2. The van der Waals surface area contributed by atoms with E-state index in [-0.39, 0.29) is 29.5 Å². The van der Waals surface area contributed by atoms with Gasteiger partial charge in [-0.3, -0.25) is 13.9 Å². The average molecular weight is 714 g/mol. The minimum atomic E-state index is -4.21. The minimum Gasteiger partial charge on any atom is -0.494 e. The molecule has 0 unspecified atom stereocenters. The number of carbonyl (C=O) groups excluding carboxylic acids is 2. The summed E-state index contributed by atoms with van der Waals surface area (Å²) >= 11 is 15.9. The molecule has 0 fully saturated rings. The van der Waals surface area contributed by atoms with E-state index in [0.717, 1.165) is 4.31 Å². The number of halogens is 3. The number of ether oxygens (including phenoxy) is 1. The highest BCUT2D eigenvalue weighted by molar-refractivity contribution is 9.10. The molecule has 0 aliphatic rings. The van der Waals surface area contributed by atoms with Gasteiger partial charge in [-0.2, -0.15) is 0 Å². The second-order valence-corrected chi connectivity index (χ2v) is 14.4. The normalized spacial score (nSPS) is 12.4. The molecule has 1 N–H and O–H groups in total. The van der Waals surface area contributed by atoms with Gasteiger partial charge in [-0.1, -0.05) is 52.1 Å². The molecule has 0 aliphatic heterocycles. The molecule has 0 heterocycles. The van der Waals surface area contributed by atoms with E-state index >= 15 is 0 Å². The predicted molar refractivity (Wildman–Crippen MR) is 175 cm³/mol. The van der Waals surface area contributed by atoms with Crippen molar-refractivity contribution in [2.75, 3.05) is 17.5 Å². The van der Waals surface area contributed by atoms with Gasteiger partial charge in [0.2, 0.25) is 11.8 Å². The third-order valence-electron chi connectivity index (χ3n) is 6.36. The van der Waals surface area contributed by atoms with Crippen LogP contribution < -0.4 is 14.4 Å².